The van der Waals surface area contributed by atoms with Gasteiger partial charge in [-0.15, -0.1) is 0 Å². The monoisotopic (exact) mass is 228 g/mol. The van der Waals surface area contributed by atoms with Gasteiger partial charge in [0.15, 0.2) is 0 Å². The van der Waals surface area contributed by atoms with E-state index in [-0.39, 0.29) is 0 Å². The molecule has 0 amide bonds. The molecule has 0 radical (unpaired) electrons. The molecule has 0 fully saturated rings. The Morgan fingerprint density at radius 1 is 0.824 bits per heavy atom. The summed E-state index contributed by atoms with van der Waals surface area (Å²) in [5.41, 5.74) is 1.40. The van der Waals surface area contributed by atoms with Crippen molar-refractivity contribution in [2.45, 2.75) is 45.4 Å². The van der Waals surface area contributed by atoms with Crippen molar-refractivity contribution in [3.63, 3.8) is 0 Å². The van der Waals surface area contributed by atoms with Crippen LogP contribution in [-0.2, 0) is 6.42 Å². The van der Waals surface area contributed by atoms with Gasteiger partial charge in [0.2, 0.25) is 0 Å². The Labute approximate surface area is 106 Å². The minimum atomic E-state index is 1.07. The summed E-state index contributed by atoms with van der Waals surface area (Å²) >= 11 is 0. The Balaban J connectivity index is 2.01. The third kappa shape index (κ3) is 7.57. The standard InChI is InChI=1S/C17H24/c1-2-3-4-5-6-7-8-9-11-14-17-15-12-10-13-16-17/h3-4,9-13,15-16H,2,5-8,14H2,1H3. The lowest BCUT2D eigenvalue weighted by Crippen LogP contribution is -1.78. The average molecular weight is 228 g/mol. The summed E-state index contributed by atoms with van der Waals surface area (Å²) in [5.74, 6) is 0. The van der Waals surface area contributed by atoms with E-state index in [4.69, 9.17) is 0 Å². The first-order chi connectivity index (χ1) is 8.43. The highest BCUT2D eigenvalue weighted by atomic mass is 13.9. The molecule has 1 rings (SSSR count). The van der Waals surface area contributed by atoms with E-state index in [1.807, 2.05) is 0 Å². The Hall–Kier alpha value is -1.30. The second-order valence-electron chi connectivity index (χ2n) is 4.33. The molecule has 1 aromatic carbocycles. The van der Waals surface area contributed by atoms with Crippen molar-refractivity contribution in [2.24, 2.45) is 0 Å². The summed E-state index contributed by atoms with van der Waals surface area (Å²) in [5, 5.41) is 0. The van der Waals surface area contributed by atoms with E-state index in [0.717, 1.165) is 12.8 Å². The van der Waals surface area contributed by atoms with Crippen molar-refractivity contribution in [1.29, 1.82) is 0 Å². The molecule has 0 aliphatic rings. The Morgan fingerprint density at radius 2 is 1.47 bits per heavy atom. The van der Waals surface area contributed by atoms with Crippen molar-refractivity contribution in [2.75, 3.05) is 0 Å². The number of allylic oxidation sites excluding steroid dienone is 4. The molecular weight excluding hydrogens is 204 g/mol. The normalized spacial score (nSPS) is 11.6. The Morgan fingerprint density at radius 3 is 2.12 bits per heavy atom. The molecule has 17 heavy (non-hydrogen) atoms. The SMILES string of the molecule is CCC=CCCCCC=CCc1ccccc1. The average Bonchev–Trinajstić information content (AvgIpc) is 2.38. The molecule has 0 heteroatoms. The van der Waals surface area contributed by atoms with Gasteiger partial charge in [0.05, 0.1) is 0 Å². The minimum absolute atomic E-state index is 1.07. The molecule has 0 N–H and O–H groups in total. The third-order valence-electron chi connectivity index (χ3n) is 2.76. The molecule has 0 heterocycles. The van der Waals surface area contributed by atoms with E-state index < -0.39 is 0 Å². The maximum Gasteiger partial charge on any atom is -0.00975 e. The number of benzene rings is 1. The summed E-state index contributed by atoms with van der Waals surface area (Å²) in [4.78, 5) is 0. The van der Waals surface area contributed by atoms with Gasteiger partial charge < -0.3 is 0 Å². The highest BCUT2D eigenvalue weighted by molar-refractivity contribution is 5.17. The molecule has 92 valence electrons. The fourth-order valence-corrected chi connectivity index (χ4v) is 1.76. The lowest BCUT2D eigenvalue weighted by molar-refractivity contribution is 0.760. The van der Waals surface area contributed by atoms with E-state index in [2.05, 4.69) is 61.6 Å². The van der Waals surface area contributed by atoms with Gasteiger partial charge in [-0.2, -0.15) is 0 Å². The van der Waals surface area contributed by atoms with Crippen LogP contribution in [0.15, 0.2) is 54.6 Å². The predicted molar refractivity (Wildman–Crippen MR) is 77.2 cm³/mol. The van der Waals surface area contributed by atoms with Crippen LogP contribution in [0.4, 0.5) is 0 Å². The summed E-state index contributed by atoms with van der Waals surface area (Å²) < 4.78 is 0. The Bertz CT molecular complexity index is 319. The minimum Gasteiger partial charge on any atom is -0.0888 e. The molecule has 0 saturated carbocycles. The third-order valence-corrected chi connectivity index (χ3v) is 2.76. The van der Waals surface area contributed by atoms with E-state index in [1.165, 1.54) is 31.2 Å². The molecule has 0 aliphatic carbocycles. The second kappa shape index (κ2) is 9.89. The van der Waals surface area contributed by atoms with Crippen LogP contribution in [0.3, 0.4) is 0 Å². The smallest absolute Gasteiger partial charge is 0.00975 e. The van der Waals surface area contributed by atoms with Gasteiger partial charge in [0, 0.05) is 0 Å². The summed E-state index contributed by atoms with van der Waals surface area (Å²) in [6.07, 6.45) is 16.5. The lowest BCUT2D eigenvalue weighted by atomic mass is 10.1. The van der Waals surface area contributed by atoms with E-state index in [9.17, 15) is 0 Å². The van der Waals surface area contributed by atoms with Gasteiger partial charge in [0.25, 0.3) is 0 Å². The van der Waals surface area contributed by atoms with E-state index >= 15 is 0 Å². The van der Waals surface area contributed by atoms with Crippen LogP contribution in [0.2, 0.25) is 0 Å². The molecule has 0 saturated heterocycles. The van der Waals surface area contributed by atoms with Crippen LogP contribution >= 0.6 is 0 Å². The molecule has 0 nitrogen and oxygen atoms in total. The second-order valence-corrected chi connectivity index (χ2v) is 4.33. The van der Waals surface area contributed by atoms with Crippen LogP contribution in [0, 0.1) is 0 Å². The van der Waals surface area contributed by atoms with E-state index in [0.29, 0.717) is 0 Å². The van der Waals surface area contributed by atoms with Gasteiger partial charge in [-0.3, -0.25) is 0 Å². The van der Waals surface area contributed by atoms with Crippen molar-refractivity contribution < 1.29 is 0 Å². The molecule has 0 spiro atoms. The molecule has 0 bridgehead atoms. The largest absolute Gasteiger partial charge is 0.0888 e. The number of hydrogen-bond donors (Lipinski definition) is 0. The molecule has 0 aromatic heterocycles. The summed E-state index contributed by atoms with van der Waals surface area (Å²) in [6, 6.07) is 10.6. The van der Waals surface area contributed by atoms with Crippen molar-refractivity contribution >= 4 is 0 Å². The lowest BCUT2D eigenvalue weighted by Gasteiger charge is -1.95. The number of hydrogen-bond acceptors (Lipinski definition) is 0. The molecule has 0 aliphatic heterocycles. The summed E-state index contributed by atoms with van der Waals surface area (Å²) in [6.45, 7) is 2.18. The molecule has 1 aromatic rings. The topological polar surface area (TPSA) is 0 Å². The predicted octanol–water partition coefficient (Wildman–Crippen LogP) is 5.31. The number of rotatable bonds is 8. The van der Waals surface area contributed by atoms with Gasteiger partial charge >= 0.3 is 0 Å². The maximum absolute atomic E-state index is 2.32. The van der Waals surface area contributed by atoms with Crippen LogP contribution in [0.1, 0.15) is 44.6 Å². The molecule has 0 unspecified atom stereocenters. The first kappa shape index (κ1) is 13.8. The van der Waals surface area contributed by atoms with Crippen LogP contribution in [0.25, 0.3) is 0 Å². The van der Waals surface area contributed by atoms with Crippen molar-refractivity contribution in [3.05, 3.63) is 60.2 Å². The maximum atomic E-state index is 2.32. The number of unbranched alkanes of at least 4 members (excludes halogenated alkanes) is 3. The fraction of sp³-hybridized carbons (Fsp3) is 0.412. The van der Waals surface area contributed by atoms with Crippen molar-refractivity contribution in [1.82, 2.24) is 0 Å². The van der Waals surface area contributed by atoms with Crippen molar-refractivity contribution in [3.8, 4) is 0 Å². The highest BCUT2D eigenvalue weighted by Crippen LogP contribution is 2.04. The van der Waals surface area contributed by atoms with Gasteiger partial charge in [-0.1, -0.05) is 61.6 Å². The first-order valence-corrected chi connectivity index (χ1v) is 6.77. The molecular formula is C17H24. The fourth-order valence-electron chi connectivity index (χ4n) is 1.76. The zero-order chi connectivity index (χ0) is 12.2. The Kier molecular flexibility index (Phi) is 8.01. The first-order valence-electron chi connectivity index (χ1n) is 6.77. The summed E-state index contributed by atoms with van der Waals surface area (Å²) in [7, 11) is 0. The zero-order valence-corrected chi connectivity index (χ0v) is 10.9. The van der Waals surface area contributed by atoms with Gasteiger partial charge in [-0.05, 0) is 44.1 Å². The quantitative estimate of drug-likeness (QED) is 0.417. The zero-order valence-electron chi connectivity index (χ0n) is 10.9. The van der Waals surface area contributed by atoms with Crippen LogP contribution < -0.4 is 0 Å². The van der Waals surface area contributed by atoms with Gasteiger partial charge in [-0.25, -0.2) is 0 Å². The highest BCUT2D eigenvalue weighted by Gasteiger charge is 1.86. The molecule has 0 atom stereocenters. The van der Waals surface area contributed by atoms with Gasteiger partial charge in [0.1, 0.15) is 0 Å². The van der Waals surface area contributed by atoms with Crippen LogP contribution in [0.5, 0.6) is 0 Å². The van der Waals surface area contributed by atoms with E-state index in [1.54, 1.807) is 0 Å². The van der Waals surface area contributed by atoms with Crippen LogP contribution in [-0.4, -0.2) is 0 Å².